The first-order chi connectivity index (χ1) is 16.0. The van der Waals surface area contributed by atoms with Gasteiger partial charge in [-0.05, 0) is 99.2 Å². The van der Waals surface area contributed by atoms with E-state index in [0.29, 0.717) is 12.1 Å². The number of halogens is 2. The fourth-order valence-electron chi connectivity index (χ4n) is 5.16. The molecule has 0 aliphatic carbocycles. The van der Waals surface area contributed by atoms with Gasteiger partial charge < -0.3 is 5.32 Å². The molecule has 184 valence electrons. The highest BCUT2D eigenvalue weighted by Gasteiger charge is 2.30. The Bertz CT molecular complexity index is 856. The molecular weight excluding hydrogens is 574 g/mol. The molecule has 3 rings (SSSR count). The van der Waals surface area contributed by atoms with E-state index < -0.39 is 0 Å². The zero-order valence-electron chi connectivity index (χ0n) is 20.5. The minimum absolute atomic E-state index is 0.502. The van der Waals surface area contributed by atoms with Crippen LogP contribution in [0.25, 0.3) is 5.57 Å². The van der Waals surface area contributed by atoms with E-state index in [1.807, 2.05) is 22.7 Å². The first kappa shape index (κ1) is 27.6. The van der Waals surface area contributed by atoms with Crippen LogP contribution in [0.5, 0.6) is 0 Å². The maximum Gasteiger partial charge on any atom is 0.0704 e. The predicted octanol–water partition coefficient (Wildman–Crippen LogP) is 10.5. The second-order valence-corrected chi connectivity index (χ2v) is 14.7. The highest BCUT2D eigenvalue weighted by Crippen LogP contribution is 2.37. The minimum atomic E-state index is 0.502. The third-order valence-electron chi connectivity index (χ3n) is 7.22. The average Bonchev–Trinajstić information content (AvgIpc) is 3.53. The van der Waals surface area contributed by atoms with Crippen molar-refractivity contribution in [3.05, 3.63) is 47.7 Å². The van der Waals surface area contributed by atoms with Gasteiger partial charge in [0.2, 0.25) is 0 Å². The standard InChI is InChI=1S/C28H41Br2NS2/c1-4-7-10-20(5-2)17-22-19-24(26-14-16-28(30)33-26)25(31-22)18-21(6-3)11-8-9-12-23-13-15-27(29)32-23/h13-16,19-22,25,31H,4-12,17-18H2,1-3H3. The Hall–Kier alpha value is 0.0600. The zero-order chi connectivity index (χ0) is 23.6. The molecule has 1 N–H and O–H groups in total. The van der Waals surface area contributed by atoms with Crippen molar-refractivity contribution >= 4 is 60.1 Å². The zero-order valence-corrected chi connectivity index (χ0v) is 25.4. The lowest BCUT2D eigenvalue weighted by molar-refractivity contribution is 0.348. The van der Waals surface area contributed by atoms with Gasteiger partial charge in [0.25, 0.3) is 0 Å². The number of hydrogen-bond donors (Lipinski definition) is 1. The Labute approximate surface area is 227 Å². The lowest BCUT2D eigenvalue weighted by atomic mass is 9.89. The Morgan fingerprint density at radius 3 is 2.18 bits per heavy atom. The van der Waals surface area contributed by atoms with Gasteiger partial charge in [-0.15, -0.1) is 22.7 Å². The molecule has 0 saturated carbocycles. The van der Waals surface area contributed by atoms with Gasteiger partial charge in [0.15, 0.2) is 0 Å². The van der Waals surface area contributed by atoms with Crippen LogP contribution in [0.3, 0.4) is 0 Å². The van der Waals surface area contributed by atoms with E-state index in [9.17, 15) is 0 Å². The van der Waals surface area contributed by atoms with Gasteiger partial charge in [0.1, 0.15) is 0 Å². The van der Waals surface area contributed by atoms with Crippen LogP contribution < -0.4 is 5.32 Å². The van der Waals surface area contributed by atoms with E-state index >= 15 is 0 Å². The van der Waals surface area contributed by atoms with Crippen LogP contribution in [0.15, 0.2) is 37.9 Å². The van der Waals surface area contributed by atoms with Crippen molar-refractivity contribution in [3.63, 3.8) is 0 Å². The molecule has 0 bridgehead atoms. The SMILES string of the molecule is CCCCC(CC)CC1C=C(c2ccc(Br)s2)C(CC(CC)CCCCc2ccc(Br)s2)N1. The summed E-state index contributed by atoms with van der Waals surface area (Å²) in [4.78, 5) is 2.96. The lowest BCUT2D eigenvalue weighted by Crippen LogP contribution is -2.34. The minimum Gasteiger partial charge on any atom is -0.304 e. The monoisotopic (exact) mass is 613 g/mol. The molecular formula is C28H41Br2NS2. The Morgan fingerprint density at radius 2 is 1.55 bits per heavy atom. The summed E-state index contributed by atoms with van der Waals surface area (Å²) < 4.78 is 2.49. The number of unbranched alkanes of at least 4 members (excludes halogenated alkanes) is 2. The summed E-state index contributed by atoms with van der Waals surface area (Å²) in [5, 5.41) is 4.07. The largest absolute Gasteiger partial charge is 0.304 e. The summed E-state index contributed by atoms with van der Waals surface area (Å²) in [6.07, 6.45) is 17.0. The van der Waals surface area contributed by atoms with Crippen molar-refractivity contribution in [2.75, 3.05) is 0 Å². The smallest absolute Gasteiger partial charge is 0.0704 e. The van der Waals surface area contributed by atoms with Crippen LogP contribution >= 0.6 is 54.5 Å². The van der Waals surface area contributed by atoms with Crippen molar-refractivity contribution in [1.82, 2.24) is 5.32 Å². The number of nitrogens with one attached hydrogen (secondary N) is 1. The van der Waals surface area contributed by atoms with Crippen molar-refractivity contribution in [2.24, 2.45) is 11.8 Å². The summed E-state index contributed by atoms with van der Waals surface area (Å²) >= 11 is 11.1. The summed E-state index contributed by atoms with van der Waals surface area (Å²) in [6.45, 7) is 7.07. The third kappa shape index (κ3) is 8.90. The van der Waals surface area contributed by atoms with Crippen molar-refractivity contribution < 1.29 is 0 Å². The Morgan fingerprint density at radius 1 is 0.848 bits per heavy atom. The Balaban J connectivity index is 1.57. The molecule has 0 fully saturated rings. The third-order valence-corrected chi connectivity index (χ3v) is 10.6. The van der Waals surface area contributed by atoms with Crippen LogP contribution in [0.1, 0.15) is 94.7 Å². The molecule has 2 aromatic heterocycles. The van der Waals surface area contributed by atoms with E-state index in [4.69, 9.17) is 0 Å². The normalized spacial score (nSPS) is 20.2. The van der Waals surface area contributed by atoms with Gasteiger partial charge in [-0.2, -0.15) is 0 Å². The molecule has 4 unspecified atom stereocenters. The second-order valence-electron chi connectivity index (χ2n) is 9.67. The molecule has 1 aliphatic rings. The molecule has 0 spiro atoms. The summed E-state index contributed by atoms with van der Waals surface area (Å²) in [5.41, 5.74) is 1.56. The topological polar surface area (TPSA) is 12.0 Å². The van der Waals surface area contributed by atoms with E-state index in [1.165, 1.54) is 88.0 Å². The second kappa shape index (κ2) is 14.6. The molecule has 4 atom stereocenters. The molecule has 0 saturated heterocycles. The van der Waals surface area contributed by atoms with E-state index in [2.05, 4.69) is 88.3 Å². The lowest BCUT2D eigenvalue weighted by Gasteiger charge is -2.24. The van der Waals surface area contributed by atoms with Crippen LogP contribution in [0.4, 0.5) is 0 Å². The van der Waals surface area contributed by atoms with E-state index in [1.54, 1.807) is 5.57 Å². The summed E-state index contributed by atoms with van der Waals surface area (Å²) in [6, 6.07) is 10.0. The molecule has 1 aliphatic heterocycles. The molecule has 2 aromatic rings. The van der Waals surface area contributed by atoms with Crippen molar-refractivity contribution in [2.45, 2.75) is 103 Å². The van der Waals surface area contributed by atoms with Crippen LogP contribution in [-0.4, -0.2) is 12.1 Å². The highest BCUT2D eigenvalue weighted by atomic mass is 79.9. The molecule has 0 radical (unpaired) electrons. The van der Waals surface area contributed by atoms with Crippen LogP contribution in [-0.2, 0) is 6.42 Å². The van der Waals surface area contributed by atoms with Crippen molar-refractivity contribution in [3.8, 4) is 0 Å². The average molecular weight is 616 g/mol. The number of thiophene rings is 2. The van der Waals surface area contributed by atoms with Crippen LogP contribution in [0.2, 0.25) is 0 Å². The first-order valence-electron chi connectivity index (χ1n) is 13.0. The van der Waals surface area contributed by atoms with Gasteiger partial charge >= 0.3 is 0 Å². The fraction of sp³-hybridized carbons (Fsp3) is 0.643. The van der Waals surface area contributed by atoms with Crippen LogP contribution in [0, 0.1) is 11.8 Å². The van der Waals surface area contributed by atoms with Crippen molar-refractivity contribution in [1.29, 1.82) is 0 Å². The fourth-order valence-corrected chi connectivity index (χ4v) is 8.16. The number of hydrogen-bond acceptors (Lipinski definition) is 3. The summed E-state index contributed by atoms with van der Waals surface area (Å²) in [5.74, 6) is 1.64. The molecule has 0 amide bonds. The van der Waals surface area contributed by atoms with E-state index in [0.717, 1.165) is 11.8 Å². The highest BCUT2D eigenvalue weighted by molar-refractivity contribution is 9.11. The predicted molar refractivity (Wildman–Crippen MR) is 157 cm³/mol. The molecule has 3 heterocycles. The van der Waals surface area contributed by atoms with Gasteiger partial charge in [-0.3, -0.25) is 0 Å². The molecule has 5 heteroatoms. The quantitative estimate of drug-likeness (QED) is 0.197. The maximum atomic E-state index is 4.07. The van der Waals surface area contributed by atoms with Gasteiger partial charge in [-0.25, -0.2) is 0 Å². The molecule has 33 heavy (non-hydrogen) atoms. The van der Waals surface area contributed by atoms with Gasteiger partial charge in [-0.1, -0.05) is 71.8 Å². The molecule has 0 aromatic carbocycles. The maximum absolute atomic E-state index is 4.07. The number of aryl methyl sites for hydroxylation is 1. The number of rotatable bonds is 15. The Kier molecular flexibility index (Phi) is 12.2. The van der Waals surface area contributed by atoms with Gasteiger partial charge in [0, 0.05) is 21.8 Å². The van der Waals surface area contributed by atoms with E-state index in [-0.39, 0.29) is 0 Å². The summed E-state index contributed by atoms with van der Waals surface area (Å²) in [7, 11) is 0. The molecule has 1 nitrogen and oxygen atoms in total. The van der Waals surface area contributed by atoms with Gasteiger partial charge in [0.05, 0.1) is 7.57 Å². The first-order valence-corrected chi connectivity index (χ1v) is 16.2.